The van der Waals surface area contributed by atoms with E-state index < -0.39 is 0 Å². The highest BCUT2D eigenvalue weighted by Gasteiger charge is 2.27. The lowest BCUT2D eigenvalue weighted by atomic mass is 9.92. The van der Waals surface area contributed by atoms with Crippen LogP contribution in [0, 0.1) is 23.2 Å². The molecule has 126 valence electrons. The number of anilines is 1. The molecule has 1 fully saturated rings. The molecule has 2 atom stereocenters. The van der Waals surface area contributed by atoms with E-state index in [-0.39, 0.29) is 0 Å². The Hall–Kier alpha value is -2.48. The zero-order valence-electron chi connectivity index (χ0n) is 14.5. The first-order valence-electron chi connectivity index (χ1n) is 8.49. The average molecular weight is 325 g/mol. The zero-order valence-corrected chi connectivity index (χ0v) is 14.5. The van der Waals surface area contributed by atoms with Crippen LogP contribution in [0.1, 0.15) is 32.9 Å². The number of nitrogens with zero attached hydrogens (tertiary/aromatic N) is 3. The number of aromatic nitrogens is 1. The highest BCUT2D eigenvalue weighted by atomic mass is 16.5. The molecule has 0 spiro atoms. The van der Waals surface area contributed by atoms with E-state index in [4.69, 9.17) is 9.15 Å². The minimum atomic E-state index is 0.361. The van der Waals surface area contributed by atoms with Crippen LogP contribution in [0.25, 0.3) is 11.5 Å². The SMILES string of the molecule is CCOc1ccc(-c2nc(C#N)c(N3CC(C)CC(C)C3)o2)cc1. The second-order valence-electron chi connectivity index (χ2n) is 6.59. The molecule has 24 heavy (non-hydrogen) atoms. The van der Waals surface area contributed by atoms with Crippen LogP contribution in [0.2, 0.25) is 0 Å². The molecule has 0 aliphatic carbocycles. The van der Waals surface area contributed by atoms with Gasteiger partial charge >= 0.3 is 0 Å². The third kappa shape index (κ3) is 3.38. The molecule has 2 aromatic rings. The summed E-state index contributed by atoms with van der Waals surface area (Å²) in [5.41, 5.74) is 1.21. The highest BCUT2D eigenvalue weighted by Crippen LogP contribution is 2.32. The number of rotatable bonds is 4. The van der Waals surface area contributed by atoms with Gasteiger partial charge in [0, 0.05) is 18.7 Å². The number of benzene rings is 1. The van der Waals surface area contributed by atoms with Gasteiger partial charge in [-0.3, -0.25) is 0 Å². The van der Waals surface area contributed by atoms with Crippen LogP contribution in [0.5, 0.6) is 5.75 Å². The van der Waals surface area contributed by atoms with E-state index >= 15 is 0 Å². The van der Waals surface area contributed by atoms with E-state index in [0.29, 0.717) is 35.9 Å². The van der Waals surface area contributed by atoms with Gasteiger partial charge in [-0.25, -0.2) is 0 Å². The van der Waals surface area contributed by atoms with Crippen LogP contribution in [-0.4, -0.2) is 24.7 Å². The fourth-order valence-electron chi connectivity index (χ4n) is 3.41. The van der Waals surface area contributed by atoms with Crippen LogP contribution < -0.4 is 9.64 Å². The topological polar surface area (TPSA) is 62.3 Å². The van der Waals surface area contributed by atoms with E-state index in [1.54, 1.807) is 0 Å². The van der Waals surface area contributed by atoms with Crippen LogP contribution in [0.4, 0.5) is 5.88 Å². The number of ether oxygens (including phenoxy) is 1. The van der Waals surface area contributed by atoms with E-state index in [9.17, 15) is 5.26 Å². The Kier molecular flexibility index (Phi) is 4.75. The Balaban J connectivity index is 1.88. The maximum absolute atomic E-state index is 9.44. The molecule has 0 bridgehead atoms. The Morgan fingerprint density at radius 2 is 1.92 bits per heavy atom. The molecule has 3 rings (SSSR count). The summed E-state index contributed by atoms with van der Waals surface area (Å²) in [6.07, 6.45) is 1.21. The highest BCUT2D eigenvalue weighted by molar-refractivity contribution is 5.60. The summed E-state index contributed by atoms with van der Waals surface area (Å²) in [5, 5.41) is 9.44. The molecule has 1 aromatic heterocycles. The van der Waals surface area contributed by atoms with Crippen LogP contribution in [0.3, 0.4) is 0 Å². The Morgan fingerprint density at radius 3 is 2.50 bits per heavy atom. The minimum absolute atomic E-state index is 0.361. The molecule has 5 heteroatoms. The number of hydrogen-bond acceptors (Lipinski definition) is 5. The number of nitriles is 1. The summed E-state index contributed by atoms with van der Waals surface area (Å²) in [6, 6.07) is 9.76. The molecule has 0 N–H and O–H groups in total. The van der Waals surface area contributed by atoms with Crippen molar-refractivity contribution in [2.45, 2.75) is 27.2 Å². The van der Waals surface area contributed by atoms with Gasteiger partial charge in [-0.15, -0.1) is 0 Å². The zero-order chi connectivity index (χ0) is 17.1. The van der Waals surface area contributed by atoms with Crippen molar-refractivity contribution in [1.82, 2.24) is 4.98 Å². The first-order valence-corrected chi connectivity index (χ1v) is 8.49. The second-order valence-corrected chi connectivity index (χ2v) is 6.59. The summed E-state index contributed by atoms with van der Waals surface area (Å²) in [4.78, 5) is 6.54. The van der Waals surface area contributed by atoms with E-state index in [1.165, 1.54) is 6.42 Å². The molecule has 1 aliphatic heterocycles. The van der Waals surface area contributed by atoms with Crippen molar-refractivity contribution in [3.63, 3.8) is 0 Å². The molecule has 0 radical (unpaired) electrons. The van der Waals surface area contributed by atoms with E-state index in [2.05, 4.69) is 29.8 Å². The Morgan fingerprint density at radius 1 is 1.25 bits per heavy atom. The number of piperidine rings is 1. The van der Waals surface area contributed by atoms with Gasteiger partial charge < -0.3 is 14.1 Å². The van der Waals surface area contributed by atoms with Gasteiger partial charge in [0.25, 0.3) is 0 Å². The van der Waals surface area contributed by atoms with Gasteiger partial charge in [0.15, 0.2) is 0 Å². The molecular formula is C19H23N3O2. The smallest absolute Gasteiger partial charge is 0.235 e. The van der Waals surface area contributed by atoms with Crippen LogP contribution in [0.15, 0.2) is 28.7 Å². The average Bonchev–Trinajstić information content (AvgIpc) is 2.99. The lowest BCUT2D eigenvalue weighted by Crippen LogP contribution is -2.38. The van der Waals surface area contributed by atoms with Gasteiger partial charge in [-0.1, -0.05) is 13.8 Å². The molecular weight excluding hydrogens is 302 g/mol. The first-order chi connectivity index (χ1) is 11.6. The quantitative estimate of drug-likeness (QED) is 0.847. The molecule has 1 aromatic carbocycles. The summed E-state index contributed by atoms with van der Waals surface area (Å²) >= 11 is 0. The van der Waals surface area contributed by atoms with E-state index in [0.717, 1.165) is 24.4 Å². The van der Waals surface area contributed by atoms with Gasteiger partial charge in [-0.05, 0) is 49.4 Å². The van der Waals surface area contributed by atoms with Crippen molar-refractivity contribution >= 4 is 5.88 Å². The summed E-state index contributed by atoms with van der Waals surface area (Å²) in [6.45, 7) is 8.85. The van der Waals surface area contributed by atoms with Gasteiger partial charge in [0.05, 0.1) is 6.61 Å². The Labute approximate surface area is 142 Å². The fourth-order valence-corrected chi connectivity index (χ4v) is 3.41. The number of hydrogen-bond donors (Lipinski definition) is 0. The molecule has 2 unspecified atom stereocenters. The van der Waals surface area contributed by atoms with Crippen molar-refractivity contribution in [3.05, 3.63) is 30.0 Å². The van der Waals surface area contributed by atoms with Gasteiger partial charge in [0.1, 0.15) is 11.8 Å². The van der Waals surface area contributed by atoms with Crippen molar-refractivity contribution in [1.29, 1.82) is 5.26 Å². The monoisotopic (exact) mass is 325 g/mol. The third-order valence-corrected chi connectivity index (χ3v) is 4.28. The maximum atomic E-state index is 9.44. The first kappa shape index (κ1) is 16.4. The lowest BCUT2D eigenvalue weighted by Gasteiger charge is -2.34. The molecule has 0 saturated carbocycles. The molecule has 2 heterocycles. The standard InChI is InChI=1S/C19H23N3O2/c1-4-23-16-7-5-15(6-8-16)18-21-17(10-20)19(24-18)22-11-13(2)9-14(3)12-22/h5-8,13-14H,4,9,11-12H2,1-3H3. The van der Waals surface area contributed by atoms with Gasteiger partial charge in [0.2, 0.25) is 17.5 Å². The van der Waals surface area contributed by atoms with Crippen molar-refractivity contribution in [3.8, 4) is 23.3 Å². The third-order valence-electron chi connectivity index (χ3n) is 4.28. The van der Waals surface area contributed by atoms with Crippen molar-refractivity contribution in [2.24, 2.45) is 11.8 Å². The minimum Gasteiger partial charge on any atom is -0.494 e. The van der Waals surface area contributed by atoms with Crippen LogP contribution in [-0.2, 0) is 0 Å². The summed E-state index contributed by atoms with van der Waals surface area (Å²) < 4.78 is 11.4. The predicted molar refractivity (Wildman–Crippen MR) is 93.0 cm³/mol. The van der Waals surface area contributed by atoms with Crippen molar-refractivity contribution < 1.29 is 9.15 Å². The Bertz CT molecular complexity index is 720. The largest absolute Gasteiger partial charge is 0.494 e. The molecule has 5 nitrogen and oxygen atoms in total. The molecule has 0 amide bonds. The normalized spacial score (nSPS) is 20.7. The molecule has 1 saturated heterocycles. The van der Waals surface area contributed by atoms with Gasteiger partial charge in [-0.2, -0.15) is 10.2 Å². The van der Waals surface area contributed by atoms with Crippen LogP contribution >= 0.6 is 0 Å². The lowest BCUT2D eigenvalue weighted by molar-refractivity contribution is 0.340. The second kappa shape index (κ2) is 6.96. The fraction of sp³-hybridized carbons (Fsp3) is 0.474. The van der Waals surface area contributed by atoms with E-state index in [1.807, 2.05) is 31.2 Å². The predicted octanol–water partition coefficient (Wildman–Crippen LogP) is 4.09. The molecule has 1 aliphatic rings. The number of oxazole rings is 1. The van der Waals surface area contributed by atoms with Crippen molar-refractivity contribution in [2.75, 3.05) is 24.6 Å². The maximum Gasteiger partial charge on any atom is 0.235 e. The summed E-state index contributed by atoms with van der Waals surface area (Å²) in [5.74, 6) is 3.06. The summed E-state index contributed by atoms with van der Waals surface area (Å²) in [7, 11) is 0.